The second-order valence-corrected chi connectivity index (χ2v) is 6.27. The van der Waals surface area contributed by atoms with Crippen molar-refractivity contribution >= 4 is 17.4 Å². The van der Waals surface area contributed by atoms with Crippen molar-refractivity contribution in [2.75, 3.05) is 10.6 Å². The molecule has 28 heavy (non-hydrogen) atoms. The van der Waals surface area contributed by atoms with Gasteiger partial charge in [0.05, 0.1) is 12.7 Å². The number of carbonyl (C=O) groups is 1. The lowest BCUT2D eigenvalue weighted by molar-refractivity contribution is 0.262. The molecule has 0 aliphatic heterocycles. The zero-order valence-electron chi connectivity index (χ0n) is 15.2. The molecule has 2 aromatic heterocycles. The third kappa shape index (κ3) is 4.09. The van der Waals surface area contributed by atoms with E-state index in [0.717, 1.165) is 16.8 Å². The number of urea groups is 1. The number of furan rings is 1. The van der Waals surface area contributed by atoms with E-state index >= 15 is 0 Å². The first-order chi connectivity index (χ1) is 13.7. The van der Waals surface area contributed by atoms with Crippen LogP contribution in [-0.2, 0) is 6.42 Å². The van der Waals surface area contributed by atoms with Crippen molar-refractivity contribution in [2.24, 2.45) is 0 Å². The zero-order valence-corrected chi connectivity index (χ0v) is 15.2. The standard InChI is InChI=1S/C21H18N4O3/c1-14-6-4-8-16(12-14)22-21(26)23-17-9-3-2-7-15(17)13-19-24-20(25-28-19)18-10-5-11-27-18/h2-12H,13H2,1H3,(H2,22,23,26). The van der Waals surface area contributed by atoms with E-state index in [1.54, 1.807) is 18.4 Å². The number of anilines is 2. The third-order valence-corrected chi connectivity index (χ3v) is 4.09. The van der Waals surface area contributed by atoms with Gasteiger partial charge in [-0.25, -0.2) is 4.79 Å². The molecule has 7 heteroatoms. The van der Waals surface area contributed by atoms with Crippen LogP contribution in [0.3, 0.4) is 0 Å². The maximum absolute atomic E-state index is 12.4. The van der Waals surface area contributed by atoms with Crippen molar-refractivity contribution in [3.8, 4) is 11.6 Å². The second-order valence-electron chi connectivity index (χ2n) is 6.27. The van der Waals surface area contributed by atoms with Crippen LogP contribution in [0.4, 0.5) is 16.2 Å². The minimum absolute atomic E-state index is 0.320. The highest BCUT2D eigenvalue weighted by Gasteiger charge is 2.14. The number of aromatic nitrogens is 2. The summed E-state index contributed by atoms with van der Waals surface area (Å²) in [5, 5.41) is 9.64. The summed E-state index contributed by atoms with van der Waals surface area (Å²) in [4.78, 5) is 16.7. The second kappa shape index (κ2) is 7.79. The van der Waals surface area contributed by atoms with Crippen molar-refractivity contribution < 1.29 is 13.7 Å². The Hall–Kier alpha value is -3.87. The van der Waals surface area contributed by atoms with E-state index in [4.69, 9.17) is 8.94 Å². The summed E-state index contributed by atoms with van der Waals surface area (Å²) in [6.45, 7) is 1.97. The molecule has 140 valence electrons. The number of nitrogens with one attached hydrogen (secondary N) is 2. The Morgan fingerprint density at radius 2 is 1.93 bits per heavy atom. The van der Waals surface area contributed by atoms with E-state index in [0.29, 0.717) is 29.6 Å². The monoisotopic (exact) mass is 374 g/mol. The van der Waals surface area contributed by atoms with E-state index in [9.17, 15) is 4.79 Å². The topological polar surface area (TPSA) is 93.2 Å². The Morgan fingerprint density at radius 3 is 2.75 bits per heavy atom. The van der Waals surface area contributed by atoms with Crippen LogP contribution in [0.25, 0.3) is 11.6 Å². The number of nitrogens with zero attached hydrogens (tertiary/aromatic N) is 2. The molecular weight excluding hydrogens is 356 g/mol. The molecule has 2 amide bonds. The van der Waals surface area contributed by atoms with Gasteiger partial charge in [-0.05, 0) is 48.4 Å². The fraction of sp³-hybridized carbons (Fsp3) is 0.0952. The van der Waals surface area contributed by atoms with Gasteiger partial charge in [-0.3, -0.25) is 0 Å². The van der Waals surface area contributed by atoms with Crippen molar-refractivity contribution in [1.82, 2.24) is 10.1 Å². The number of hydrogen-bond acceptors (Lipinski definition) is 5. The van der Waals surface area contributed by atoms with Crippen molar-refractivity contribution in [3.63, 3.8) is 0 Å². The zero-order chi connectivity index (χ0) is 19.3. The molecule has 0 radical (unpaired) electrons. The third-order valence-electron chi connectivity index (χ3n) is 4.09. The Labute approximate surface area is 161 Å². The van der Waals surface area contributed by atoms with Crippen LogP contribution in [0.2, 0.25) is 0 Å². The van der Waals surface area contributed by atoms with Crippen LogP contribution in [0, 0.1) is 6.92 Å². The summed E-state index contributed by atoms with van der Waals surface area (Å²) in [6, 6.07) is 18.3. The molecule has 7 nitrogen and oxygen atoms in total. The van der Waals surface area contributed by atoms with Gasteiger partial charge in [0.25, 0.3) is 0 Å². The maximum Gasteiger partial charge on any atom is 0.323 e. The van der Waals surface area contributed by atoms with Crippen molar-refractivity contribution in [1.29, 1.82) is 0 Å². The van der Waals surface area contributed by atoms with E-state index in [-0.39, 0.29) is 6.03 Å². The first-order valence-corrected chi connectivity index (χ1v) is 8.76. The fourth-order valence-electron chi connectivity index (χ4n) is 2.80. The number of benzene rings is 2. The minimum atomic E-state index is -0.320. The van der Waals surface area contributed by atoms with Gasteiger partial charge in [0.1, 0.15) is 0 Å². The van der Waals surface area contributed by atoms with Gasteiger partial charge in [-0.15, -0.1) is 0 Å². The number of carbonyl (C=O) groups excluding carboxylic acids is 1. The SMILES string of the molecule is Cc1cccc(NC(=O)Nc2ccccc2Cc2nc(-c3ccco3)no2)c1. The van der Waals surface area contributed by atoms with Gasteiger partial charge in [0.2, 0.25) is 11.7 Å². The molecule has 2 aromatic carbocycles. The Bertz CT molecular complexity index is 1090. The van der Waals surface area contributed by atoms with E-state index < -0.39 is 0 Å². The summed E-state index contributed by atoms with van der Waals surface area (Å²) in [5.74, 6) is 1.36. The lowest BCUT2D eigenvalue weighted by atomic mass is 10.1. The first-order valence-electron chi connectivity index (χ1n) is 8.76. The Morgan fingerprint density at radius 1 is 1.04 bits per heavy atom. The highest BCUT2D eigenvalue weighted by atomic mass is 16.5. The molecule has 0 bridgehead atoms. The molecule has 4 rings (SSSR count). The maximum atomic E-state index is 12.4. The molecule has 0 unspecified atom stereocenters. The molecule has 0 atom stereocenters. The average Bonchev–Trinajstić information content (AvgIpc) is 3.35. The summed E-state index contributed by atoms with van der Waals surface area (Å²) < 4.78 is 10.6. The van der Waals surface area contributed by atoms with Gasteiger partial charge >= 0.3 is 6.03 Å². The molecule has 0 saturated heterocycles. The predicted octanol–water partition coefficient (Wildman–Crippen LogP) is 4.87. The van der Waals surface area contributed by atoms with Crippen LogP contribution < -0.4 is 10.6 Å². The molecule has 0 aliphatic rings. The number of hydrogen-bond donors (Lipinski definition) is 2. The van der Waals surface area contributed by atoms with E-state index in [2.05, 4.69) is 20.8 Å². The Kier molecular flexibility index (Phi) is 4.88. The number of para-hydroxylation sites is 1. The van der Waals surface area contributed by atoms with Gasteiger partial charge in [-0.1, -0.05) is 35.5 Å². The average molecular weight is 374 g/mol. The molecule has 0 saturated carbocycles. The van der Waals surface area contributed by atoms with E-state index in [1.165, 1.54) is 0 Å². The highest BCUT2D eigenvalue weighted by Crippen LogP contribution is 2.21. The van der Waals surface area contributed by atoms with Gasteiger partial charge in [-0.2, -0.15) is 4.98 Å². The Balaban J connectivity index is 1.47. The molecule has 4 aromatic rings. The normalized spacial score (nSPS) is 10.6. The largest absolute Gasteiger partial charge is 0.461 e. The highest BCUT2D eigenvalue weighted by molar-refractivity contribution is 6.00. The van der Waals surface area contributed by atoms with Crippen LogP contribution in [0.5, 0.6) is 0 Å². The van der Waals surface area contributed by atoms with Gasteiger partial charge in [0.15, 0.2) is 5.76 Å². The summed E-state index contributed by atoms with van der Waals surface area (Å²) in [5.41, 5.74) is 3.33. The summed E-state index contributed by atoms with van der Waals surface area (Å²) in [7, 11) is 0. The quantitative estimate of drug-likeness (QED) is 0.520. The van der Waals surface area contributed by atoms with Crippen LogP contribution in [-0.4, -0.2) is 16.2 Å². The summed E-state index contributed by atoms with van der Waals surface area (Å²) in [6.07, 6.45) is 1.94. The molecule has 0 spiro atoms. The van der Waals surface area contributed by atoms with E-state index in [1.807, 2.05) is 55.5 Å². The molecule has 2 heterocycles. The molecular formula is C21H18N4O3. The summed E-state index contributed by atoms with van der Waals surface area (Å²) >= 11 is 0. The predicted molar refractivity (Wildman–Crippen MR) is 105 cm³/mol. The smallest absolute Gasteiger partial charge is 0.323 e. The van der Waals surface area contributed by atoms with Gasteiger partial charge in [0, 0.05) is 11.4 Å². The first kappa shape index (κ1) is 17.5. The fourth-order valence-corrected chi connectivity index (χ4v) is 2.80. The van der Waals surface area contributed by atoms with Crippen LogP contribution in [0.1, 0.15) is 17.0 Å². The molecule has 2 N–H and O–H groups in total. The van der Waals surface area contributed by atoms with Crippen molar-refractivity contribution in [3.05, 3.63) is 83.9 Å². The molecule has 0 aliphatic carbocycles. The number of rotatable bonds is 5. The molecule has 0 fully saturated rings. The minimum Gasteiger partial charge on any atom is -0.461 e. The van der Waals surface area contributed by atoms with Crippen molar-refractivity contribution in [2.45, 2.75) is 13.3 Å². The van der Waals surface area contributed by atoms with Crippen LogP contribution in [0.15, 0.2) is 75.9 Å². The lowest BCUT2D eigenvalue weighted by Gasteiger charge is -2.11. The number of aryl methyl sites for hydroxylation is 1. The van der Waals surface area contributed by atoms with Crippen LogP contribution >= 0.6 is 0 Å². The lowest BCUT2D eigenvalue weighted by Crippen LogP contribution is -2.20. The number of amides is 2. The van der Waals surface area contributed by atoms with Gasteiger partial charge < -0.3 is 19.6 Å².